The van der Waals surface area contributed by atoms with E-state index in [0.29, 0.717) is 23.6 Å². The molecule has 1 aromatic carbocycles. The molecule has 0 saturated heterocycles. The van der Waals surface area contributed by atoms with Crippen LogP contribution in [0.15, 0.2) is 24.3 Å². The standard InChI is InChI=1S/C17H22N2O4/c1-18-17(22)13-7-4-8-14(10-13)19-15(20)11-23-16(21)9-12-5-2-3-6-12/h4,7-8,10,12H,2-3,5-6,9,11H2,1H3,(H,18,22)(H,19,20). The third kappa shape index (κ3) is 5.39. The Labute approximate surface area is 135 Å². The van der Waals surface area contributed by atoms with E-state index >= 15 is 0 Å². The van der Waals surface area contributed by atoms with Crippen molar-refractivity contribution in [1.29, 1.82) is 0 Å². The Morgan fingerprint density at radius 2 is 1.96 bits per heavy atom. The smallest absolute Gasteiger partial charge is 0.306 e. The highest BCUT2D eigenvalue weighted by Gasteiger charge is 2.19. The molecule has 0 aromatic heterocycles. The Morgan fingerprint density at radius 1 is 1.22 bits per heavy atom. The zero-order chi connectivity index (χ0) is 16.7. The van der Waals surface area contributed by atoms with Crippen molar-refractivity contribution >= 4 is 23.5 Å². The van der Waals surface area contributed by atoms with Crippen molar-refractivity contribution in [2.24, 2.45) is 5.92 Å². The highest BCUT2D eigenvalue weighted by molar-refractivity contribution is 5.97. The van der Waals surface area contributed by atoms with Gasteiger partial charge in [-0.2, -0.15) is 0 Å². The molecular weight excluding hydrogens is 296 g/mol. The number of hydrogen-bond acceptors (Lipinski definition) is 4. The molecule has 0 unspecified atom stereocenters. The van der Waals surface area contributed by atoms with Crippen molar-refractivity contribution in [2.75, 3.05) is 19.0 Å². The van der Waals surface area contributed by atoms with Gasteiger partial charge in [-0.1, -0.05) is 18.9 Å². The highest BCUT2D eigenvalue weighted by Crippen LogP contribution is 2.27. The zero-order valence-electron chi connectivity index (χ0n) is 13.3. The first-order chi connectivity index (χ1) is 11.1. The van der Waals surface area contributed by atoms with Crippen molar-refractivity contribution in [1.82, 2.24) is 5.32 Å². The molecule has 0 spiro atoms. The van der Waals surface area contributed by atoms with E-state index in [0.717, 1.165) is 12.8 Å². The van der Waals surface area contributed by atoms with E-state index in [9.17, 15) is 14.4 Å². The quantitative estimate of drug-likeness (QED) is 0.787. The lowest BCUT2D eigenvalue weighted by Crippen LogP contribution is -2.22. The van der Waals surface area contributed by atoms with Crippen molar-refractivity contribution < 1.29 is 19.1 Å². The summed E-state index contributed by atoms with van der Waals surface area (Å²) in [5.41, 5.74) is 0.937. The number of carbonyl (C=O) groups excluding carboxylic acids is 3. The van der Waals surface area contributed by atoms with E-state index in [-0.39, 0.29) is 18.5 Å². The zero-order valence-corrected chi connectivity index (χ0v) is 13.3. The van der Waals surface area contributed by atoms with E-state index in [2.05, 4.69) is 10.6 Å². The van der Waals surface area contributed by atoms with Gasteiger partial charge >= 0.3 is 5.97 Å². The summed E-state index contributed by atoms with van der Waals surface area (Å²) in [5, 5.41) is 5.13. The largest absolute Gasteiger partial charge is 0.456 e. The Bertz CT molecular complexity index is 580. The van der Waals surface area contributed by atoms with Crippen molar-refractivity contribution in [3.05, 3.63) is 29.8 Å². The molecule has 1 fully saturated rings. The number of anilines is 1. The normalized spacial score (nSPS) is 14.3. The van der Waals surface area contributed by atoms with Gasteiger partial charge in [-0.3, -0.25) is 14.4 Å². The van der Waals surface area contributed by atoms with Crippen LogP contribution in [-0.2, 0) is 14.3 Å². The van der Waals surface area contributed by atoms with Crippen LogP contribution in [0.2, 0.25) is 0 Å². The molecule has 6 nitrogen and oxygen atoms in total. The van der Waals surface area contributed by atoms with Gasteiger partial charge in [0.25, 0.3) is 11.8 Å². The van der Waals surface area contributed by atoms with Gasteiger partial charge in [-0.05, 0) is 37.0 Å². The van der Waals surface area contributed by atoms with Gasteiger partial charge in [-0.25, -0.2) is 0 Å². The van der Waals surface area contributed by atoms with E-state index in [1.54, 1.807) is 24.3 Å². The third-order valence-corrected chi connectivity index (χ3v) is 3.93. The predicted molar refractivity (Wildman–Crippen MR) is 86.0 cm³/mol. The summed E-state index contributed by atoms with van der Waals surface area (Å²) in [7, 11) is 1.54. The molecule has 0 aliphatic heterocycles. The van der Waals surface area contributed by atoms with E-state index in [1.807, 2.05) is 0 Å². The number of ether oxygens (including phenoxy) is 1. The molecule has 0 radical (unpaired) electrons. The molecule has 124 valence electrons. The van der Waals surface area contributed by atoms with Gasteiger partial charge in [0, 0.05) is 24.7 Å². The van der Waals surface area contributed by atoms with Gasteiger partial charge < -0.3 is 15.4 Å². The topological polar surface area (TPSA) is 84.5 Å². The third-order valence-electron chi connectivity index (χ3n) is 3.93. The summed E-state index contributed by atoms with van der Waals surface area (Å²) in [5.74, 6) is -0.580. The summed E-state index contributed by atoms with van der Waals surface area (Å²) in [6.45, 7) is -0.310. The number of benzene rings is 1. The molecule has 1 saturated carbocycles. The summed E-state index contributed by atoms with van der Waals surface area (Å²) in [6.07, 6.45) is 4.85. The summed E-state index contributed by atoms with van der Waals surface area (Å²) in [6, 6.07) is 6.56. The minimum Gasteiger partial charge on any atom is -0.456 e. The number of rotatable bonds is 6. The van der Waals surface area contributed by atoms with Crippen LogP contribution in [0.4, 0.5) is 5.69 Å². The van der Waals surface area contributed by atoms with Gasteiger partial charge in [0.05, 0.1) is 0 Å². The van der Waals surface area contributed by atoms with Crippen molar-refractivity contribution in [2.45, 2.75) is 32.1 Å². The number of nitrogens with one attached hydrogen (secondary N) is 2. The van der Waals surface area contributed by atoms with E-state index < -0.39 is 5.91 Å². The molecular formula is C17H22N2O4. The maximum absolute atomic E-state index is 11.8. The van der Waals surface area contributed by atoms with Crippen LogP contribution >= 0.6 is 0 Å². The summed E-state index contributed by atoms with van der Waals surface area (Å²) < 4.78 is 5.01. The first kappa shape index (κ1) is 17.0. The van der Waals surface area contributed by atoms with Crippen LogP contribution in [0, 0.1) is 5.92 Å². The number of esters is 1. The average molecular weight is 318 g/mol. The average Bonchev–Trinajstić information content (AvgIpc) is 3.05. The lowest BCUT2D eigenvalue weighted by Gasteiger charge is -2.10. The van der Waals surface area contributed by atoms with Crippen LogP contribution in [-0.4, -0.2) is 31.4 Å². The van der Waals surface area contributed by atoms with Gasteiger partial charge in [0.2, 0.25) is 0 Å². The first-order valence-electron chi connectivity index (χ1n) is 7.86. The molecule has 6 heteroatoms. The lowest BCUT2D eigenvalue weighted by atomic mass is 10.1. The fraction of sp³-hybridized carbons (Fsp3) is 0.471. The van der Waals surface area contributed by atoms with Crippen LogP contribution in [0.1, 0.15) is 42.5 Å². The second-order valence-electron chi connectivity index (χ2n) is 5.72. The second kappa shape index (κ2) is 8.31. The monoisotopic (exact) mass is 318 g/mol. The van der Waals surface area contributed by atoms with Crippen molar-refractivity contribution in [3.8, 4) is 0 Å². The summed E-state index contributed by atoms with van der Waals surface area (Å²) in [4.78, 5) is 35.0. The van der Waals surface area contributed by atoms with Gasteiger partial charge in [0.15, 0.2) is 6.61 Å². The fourth-order valence-corrected chi connectivity index (χ4v) is 2.73. The fourth-order valence-electron chi connectivity index (χ4n) is 2.73. The molecule has 1 aliphatic carbocycles. The maximum atomic E-state index is 11.8. The second-order valence-corrected chi connectivity index (χ2v) is 5.72. The Kier molecular flexibility index (Phi) is 6.14. The molecule has 0 bridgehead atoms. The van der Waals surface area contributed by atoms with E-state index in [1.165, 1.54) is 19.9 Å². The molecule has 1 aromatic rings. The van der Waals surface area contributed by atoms with E-state index in [4.69, 9.17) is 4.74 Å². The van der Waals surface area contributed by atoms with Crippen LogP contribution in [0.5, 0.6) is 0 Å². The Hall–Kier alpha value is -2.37. The van der Waals surface area contributed by atoms with Crippen LogP contribution in [0.25, 0.3) is 0 Å². The lowest BCUT2D eigenvalue weighted by molar-refractivity contribution is -0.148. The predicted octanol–water partition coefficient (Wildman–Crippen LogP) is 2.11. The minimum absolute atomic E-state index is 0.232. The molecule has 2 rings (SSSR count). The molecule has 2 N–H and O–H groups in total. The first-order valence-corrected chi connectivity index (χ1v) is 7.86. The molecule has 23 heavy (non-hydrogen) atoms. The van der Waals surface area contributed by atoms with Crippen LogP contribution < -0.4 is 10.6 Å². The highest BCUT2D eigenvalue weighted by atomic mass is 16.5. The van der Waals surface area contributed by atoms with Crippen LogP contribution in [0.3, 0.4) is 0 Å². The summed E-state index contributed by atoms with van der Waals surface area (Å²) >= 11 is 0. The molecule has 2 amide bonds. The van der Waals surface area contributed by atoms with Crippen molar-refractivity contribution in [3.63, 3.8) is 0 Å². The maximum Gasteiger partial charge on any atom is 0.306 e. The molecule has 0 atom stereocenters. The van der Waals surface area contributed by atoms with Gasteiger partial charge in [0.1, 0.15) is 0 Å². The molecule has 0 heterocycles. The van der Waals surface area contributed by atoms with Gasteiger partial charge in [-0.15, -0.1) is 0 Å². The molecule has 1 aliphatic rings. The number of amides is 2. The Morgan fingerprint density at radius 3 is 2.65 bits per heavy atom. The number of hydrogen-bond donors (Lipinski definition) is 2. The SMILES string of the molecule is CNC(=O)c1cccc(NC(=O)COC(=O)CC2CCCC2)c1. The number of carbonyl (C=O) groups is 3. The minimum atomic E-state index is -0.418. The Balaban J connectivity index is 1.78.